The van der Waals surface area contributed by atoms with E-state index in [1.54, 1.807) is 31.4 Å². The summed E-state index contributed by atoms with van der Waals surface area (Å²) in [6.45, 7) is 0. The van der Waals surface area contributed by atoms with Crippen LogP contribution in [0, 0.1) is 0 Å². The van der Waals surface area contributed by atoms with Gasteiger partial charge in [0.25, 0.3) is 0 Å². The zero-order valence-electron chi connectivity index (χ0n) is 10.9. The largest absolute Gasteiger partial charge is 0.497 e. The molecule has 1 aliphatic rings. The first-order valence-electron chi connectivity index (χ1n) is 6.25. The number of Topliss-reactive ketones (excluding diaryl/α,β-unsaturated/α-hetero) is 2. The number of ketones is 2. The molecule has 3 rings (SSSR count). The highest BCUT2D eigenvalue weighted by atomic mass is 16.5. The minimum Gasteiger partial charge on any atom is -0.497 e. The van der Waals surface area contributed by atoms with E-state index in [1.165, 1.54) is 0 Å². The monoisotopic (exact) mass is 264 g/mol. The van der Waals surface area contributed by atoms with Crippen LogP contribution < -0.4 is 4.74 Å². The molecule has 20 heavy (non-hydrogen) atoms. The number of benzene rings is 2. The van der Waals surface area contributed by atoms with Crippen molar-refractivity contribution in [1.82, 2.24) is 0 Å². The second-order valence-corrected chi connectivity index (χ2v) is 4.54. The molecule has 0 bridgehead atoms. The summed E-state index contributed by atoms with van der Waals surface area (Å²) in [5.74, 6) is -0.173. The molecular formula is C17H12O3. The summed E-state index contributed by atoms with van der Waals surface area (Å²) >= 11 is 0. The lowest BCUT2D eigenvalue weighted by Gasteiger charge is -2.02. The Morgan fingerprint density at radius 3 is 2.40 bits per heavy atom. The van der Waals surface area contributed by atoms with Crippen molar-refractivity contribution in [2.75, 3.05) is 7.11 Å². The van der Waals surface area contributed by atoms with Gasteiger partial charge in [-0.05, 0) is 29.3 Å². The number of methoxy groups -OCH3 is 1. The Morgan fingerprint density at radius 1 is 0.900 bits per heavy atom. The van der Waals surface area contributed by atoms with Crippen LogP contribution >= 0.6 is 0 Å². The SMILES string of the molecule is COc1cccc(/C=C2/C(=O)C(=O)c3ccccc32)c1. The van der Waals surface area contributed by atoms with Gasteiger partial charge in [-0.15, -0.1) is 0 Å². The molecule has 0 N–H and O–H groups in total. The summed E-state index contributed by atoms with van der Waals surface area (Å²) in [4.78, 5) is 24.0. The number of rotatable bonds is 2. The van der Waals surface area contributed by atoms with E-state index in [2.05, 4.69) is 0 Å². The molecule has 0 unspecified atom stereocenters. The molecule has 3 heteroatoms. The third-order valence-corrected chi connectivity index (χ3v) is 3.32. The highest BCUT2D eigenvalue weighted by Crippen LogP contribution is 2.31. The normalized spacial score (nSPS) is 15.6. The van der Waals surface area contributed by atoms with Gasteiger partial charge in [0.05, 0.1) is 7.11 Å². The molecule has 0 aliphatic heterocycles. The van der Waals surface area contributed by atoms with Crippen LogP contribution in [-0.2, 0) is 4.79 Å². The van der Waals surface area contributed by atoms with Gasteiger partial charge in [-0.3, -0.25) is 9.59 Å². The lowest BCUT2D eigenvalue weighted by molar-refractivity contribution is -0.109. The van der Waals surface area contributed by atoms with Crippen molar-refractivity contribution in [3.05, 3.63) is 65.2 Å². The van der Waals surface area contributed by atoms with Crippen molar-refractivity contribution in [3.8, 4) is 5.75 Å². The number of fused-ring (bicyclic) bond motifs is 1. The third-order valence-electron chi connectivity index (χ3n) is 3.32. The summed E-state index contributed by atoms with van der Waals surface area (Å²) in [7, 11) is 1.59. The predicted octanol–water partition coefficient (Wildman–Crippen LogP) is 3.00. The number of hydrogen-bond acceptors (Lipinski definition) is 3. The molecule has 0 heterocycles. The van der Waals surface area contributed by atoms with Crippen LogP contribution in [0.15, 0.2) is 48.5 Å². The van der Waals surface area contributed by atoms with E-state index in [9.17, 15) is 9.59 Å². The van der Waals surface area contributed by atoms with Crippen LogP contribution in [0.2, 0.25) is 0 Å². The van der Waals surface area contributed by atoms with Gasteiger partial charge in [0.1, 0.15) is 5.75 Å². The molecule has 0 saturated carbocycles. The van der Waals surface area contributed by atoms with Crippen molar-refractivity contribution < 1.29 is 14.3 Å². The topological polar surface area (TPSA) is 43.4 Å². The molecule has 98 valence electrons. The van der Waals surface area contributed by atoms with E-state index < -0.39 is 11.6 Å². The smallest absolute Gasteiger partial charge is 0.234 e. The van der Waals surface area contributed by atoms with E-state index in [4.69, 9.17) is 4.74 Å². The second-order valence-electron chi connectivity index (χ2n) is 4.54. The Hall–Kier alpha value is -2.68. The quantitative estimate of drug-likeness (QED) is 0.618. The second kappa shape index (κ2) is 4.78. The summed E-state index contributed by atoms with van der Waals surface area (Å²) in [6.07, 6.45) is 1.73. The van der Waals surface area contributed by atoms with E-state index >= 15 is 0 Å². The van der Waals surface area contributed by atoms with Crippen molar-refractivity contribution in [3.63, 3.8) is 0 Å². The average Bonchev–Trinajstić information content (AvgIpc) is 2.73. The van der Waals surface area contributed by atoms with Crippen molar-refractivity contribution in [2.45, 2.75) is 0 Å². The van der Waals surface area contributed by atoms with Crippen LogP contribution in [0.1, 0.15) is 21.5 Å². The van der Waals surface area contributed by atoms with Gasteiger partial charge in [-0.25, -0.2) is 0 Å². The Morgan fingerprint density at radius 2 is 1.65 bits per heavy atom. The molecule has 1 aliphatic carbocycles. The Balaban J connectivity index is 2.12. The van der Waals surface area contributed by atoms with Gasteiger partial charge in [-0.1, -0.05) is 36.4 Å². The standard InChI is InChI=1S/C17H12O3/c1-20-12-6-4-5-11(9-12)10-15-13-7-2-3-8-14(13)16(18)17(15)19/h2-10H,1H3/b15-10+. The fraction of sp³-hybridized carbons (Fsp3) is 0.0588. The number of carbonyl (C=O) groups is 2. The first kappa shape index (κ1) is 12.4. The molecule has 0 aromatic heterocycles. The third kappa shape index (κ3) is 1.93. The molecule has 3 nitrogen and oxygen atoms in total. The van der Waals surface area contributed by atoms with Crippen LogP contribution in [0.5, 0.6) is 5.75 Å². The number of allylic oxidation sites excluding steroid dienone is 1. The zero-order chi connectivity index (χ0) is 14.1. The average molecular weight is 264 g/mol. The molecule has 0 radical (unpaired) electrons. The highest BCUT2D eigenvalue weighted by molar-refractivity contribution is 6.64. The van der Waals surface area contributed by atoms with Crippen LogP contribution in [0.4, 0.5) is 0 Å². The van der Waals surface area contributed by atoms with Crippen LogP contribution in [0.3, 0.4) is 0 Å². The summed E-state index contributed by atoms with van der Waals surface area (Å²) in [6, 6.07) is 14.4. The molecule has 0 spiro atoms. The fourth-order valence-electron chi connectivity index (χ4n) is 2.32. The van der Waals surface area contributed by atoms with E-state index in [0.29, 0.717) is 22.4 Å². The van der Waals surface area contributed by atoms with E-state index in [-0.39, 0.29) is 0 Å². The summed E-state index contributed by atoms with van der Waals surface area (Å²) in [5, 5.41) is 0. The van der Waals surface area contributed by atoms with Gasteiger partial charge in [0, 0.05) is 11.1 Å². The molecule has 2 aromatic rings. The molecule has 0 fully saturated rings. The van der Waals surface area contributed by atoms with Gasteiger partial charge in [-0.2, -0.15) is 0 Å². The number of carbonyl (C=O) groups excluding carboxylic acids is 2. The Labute approximate surface area is 116 Å². The predicted molar refractivity (Wildman–Crippen MR) is 76.6 cm³/mol. The molecule has 0 amide bonds. The maximum atomic E-state index is 12.1. The Kier molecular flexibility index (Phi) is 2.95. The summed E-state index contributed by atoms with van der Waals surface area (Å²) in [5.41, 5.74) is 2.45. The van der Waals surface area contributed by atoms with Crippen LogP contribution in [0.25, 0.3) is 11.6 Å². The zero-order valence-corrected chi connectivity index (χ0v) is 10.9. The van der Waals surface area contributed by atoms with Crippen molar-refractivity contribution in [2.24, 2.45) is 0 Å². The van der Waals surface area contributed by atoms with Crippen molar-refractivity contribution >= 4 is 23.2 Å². The fourth-order valence-corrected chi connectivity index (χ4v) is 2.32. The maximum Gasteiger partial charge on any atom is 0.234 e. The minimum absolute atomic E-state index is 0.435. The Bertz CT molecular complexity index is 741. The molecule has 0 saturated heterocycles. The lowest BCUT2D eigenvalue weighted by atomic mass is 10.0. The van der Waals surface area contributed by atoms with Crippen molar-refractivity contribution in [1.29, 1.82) is 0 Å². The number of ether oxygens (including phenoxy) is 1. The highest BCUT2D eigenvalue weighted by Gasteiger charge is 2.32. The van der Waals surface area contributed by atoms with Gasteiger partial charge >= 0.3 is 0 Å². The molecule has 2 aromatic carbocycles. The van der Waals surface area contributed by atoms with E-state index in [0.717, 1.165) is 5.56 Å². The van der Waals surface area contributed by atoms with Crippen LogP contribution in [-0.4, -0.2) is 18.7 Å². The first-order chi connectivity index (χ1) is 9.70. The maximum absolute atomic E-state index is 12.1. The first-order valence-corrected chi connectivity index (χ1v) is 6.25. The van der Waals surface area contributed by atoms with Gasteiger partial charge in [0.2, 0.25) is 11.6 Å². The minimum atomic E-state index is -0.450. The van der Waals surface area contributed by atoms with Gasteiger partial charge in [0.15, 0.2) is 0 Å². The van der Waals surface area contributed by atoms with E-state index in [1.807, 2.05) is 30.3 Å². The lowest BCUT2D eigenvalue weighted by Crippen LogP contribution is -2.05. The van der Waals surface area contributed by atoms with Gasteiger partial charge < -0.3 is 4.74 Å². The molecular weight excluding hydrogens is 252 g/mol. The summed E-state index contributed by atoms with van der Waals surface area (Å²) < 4.78 is 5.16. The number of hydrogen-bond donors (Lipinski definition) is 0. The molecule has 0 atom stereocenters.